The van der Waals surface area contributed by atoms with Gasteiger partial charge in [-0.2, -0.15) is 13.2 Å². The van der Waals surface area contributed by atoms with E-state index in [1.165, 1.54) is 19.4 Å². The Bertz CT molecular complexity index is 1290. The molecule has 1 aromatic heterocycles. The lowest BCUT2D eigenvalue weighted by Gasteiger charge is -2.51. The largest absolute Gasteiger partial charge is 0.493 e. The van der Waals surface area contributed by atoms with Crippen molar-refractivity contribution in [2.75, 3.05) is 19.0 Å². The third-order valence-corrected chi connectivity index (χ3v) is 6.75. The average Bonchev–Trinajstić information content (AvgIpc) is 2.80. The molecular weight excluding hydrogens is 473 g/mol. The summed E-state index contributed by atoms with van der Waals surface area (Å²) in [6.07, 6.45) is -4.71. The molecule has 3 atom stereocenters. The molecule has 0 spiro atoms. The molecule has 1 heterocycles. The number of methoxy groups -OCH3 is 1. The van der Waals surface area contributed by atoms with Crippen molar-refractivity contribution in [2.24, 2.45) is 0 Å². The van der Waals surface area contributed by atoms with Gasteiger partial charge in [0.05, 0.1) is 13.7 Å². The predicted molar refractivity (Wildman–Crippen MR) is 118 cm³/mol. The van der Waals surface area contributed by atoms with Gasteiger partial charge in [-0.3, -0.25) is 0 Å². The van der Waals surface area contributed by atoms with E-state index in [1.54, 1.807) is 13.8 Å². The lowest BCUT2D eigenvalue weighted by Crippen LogP contribution is -2.66. The number of benzene rings is 2. The van der Waals surface area contributed by atoms with Gasteiger partial charge >= 0.3 is 6.18 Å². The van der Waals surface area contributed by atoms with E-state index in [-0.39, 0.29) is 39.9 Å². The molecule has 188 valence electrons. The molecule has 1 aliphatic carbocycles. The van der Waals surface area contributed by atoms with Crippen LogP contribution < -0.4 is 10.1 Å². The quantitative estimate of drug-likeness (QED) is 0.443. The number of nitrogens with zero attached hydrogens (tertiary/aromatic N) is 2. The van der Waals surface area contributed by atoms with Gasteiger partial charge in [0.1, 0.15) is 22.8 Å². The van der Waals surface area contributed by atoms with Gasteiger partial charge in [0.15, 0.2) is 17.2 Å². The Kier molecular flexibility index (Phi) is 6.13. The van der Waals surface area contributed by atoms with E-state index >= 15 is 0 Å². The van der Waals surface area contributed by atoms with Crippen LogP contribution >= 0.6 is 0 Å². The molecule has 0 bridgehead atoms. The topological polar surface area (TPSA) is 87.5 Å². The number of aromatic nitrogens is 2. The molecule has 0 fully saturated rings. The zero-order valence-electron chi connectivity index (χ0n) is 19.2. The molecule has 11 heteroatoms. The highest BCUT2D eigenvalue weighted by atomic mass is 19.4. The number of anilines is 1. The van der Waals surface area contributed by atoms with Crippen LogP contribution in [0.2, 0.25) is 0 Å². The summed E-state index contributed by atoms with van der Waals surface area (Å²) in [5, 5.41) is 25.5. The second kappa shape index (κ2) is 8.56. The van der Waals surface area contributed by atoms with E-state index in [0.29, 0.717) is 5.82 Å². The Morgan fingerprint density at radius 3 is 2.46 bits per heavy atom. The average molecular weight is 497 g/mol. The number of aryl methyl sites for hydroxylation is 1. The van der Waals surface area contributed by atoms with E-state index in [1.807, 2.05) is 0 Å². The van der Waals surface area contributed by atoms with Crippen LogP contribution in [0.1, 0.15) is 42.6 Å². The number of aliphatic hydroxyl groups is 2. The van der Waals surface area contributed by atoms with E-state index in [4.69, 9.17) is 4.74 Å². The first-order valence-corrected chi connectivity index (χ1v) is 10.9. The van der Waals surface area contributed by atoms with E-state index in [0.717, 1.165) is 18.2 Å². The van der Waals surface area contributed by atoms with E-state index in [2.05, 4.69) is 15.3 Å². The molecule has 3 N–H and O–H groups in total. The standard InChI is InChI=1S/C24H24F5N3O3/c1-4-13-9-23(34,24(27,28)29)22(33,15-5-6-17(26)21(35-3)19(13)15)11-31-18-8-7-16(25)20-14(18)10-30-12(2)32-20/h5-8,10,13,31,33-34H,4,9,11H2,1-3H3. The zero-order valence-corrected chi connectivity index (χ0v) is 19.2. The summed E-state index contributed by atoms with van der Waals surface area (Å²) < 4.78 is 77.0. The maximum absolute atomic E-state index is 14.5. The SMILES string of the molecule is CCC1CC(O)(C(F)(F)F)C(O)(CNc2ccc(F)c3nc(C)ncc23)c2ccc(F)c(OC)c21. The molecule has 6 nitrogen and oxygen atoms in total. The molecule has 0 saturated heterocycles. The lowest BCUT2D eigenvalue weighted by atomic mass is 9.63. The van der Waals surface area contributed by atoms with Crippen LogP contribution in [0.5, 0.6) is 5.75 Å². The fourth-order valence-electron chi connectivity index (χ4n) is 4.89. The van der Waals surface area contributed by atoms with Gasteiger partial charge in [0, 0.05) is 22.8 Å². The Labute approximate surface area is 197 Å². The van der Waals surface area contributed by atoms with Crippen LogP contribution in [-0.2, 0) is 5.60 Å². The molecule has 0 radical (unpaired) electrons. The number of hydrogen-bond acceptors (Lipinski definition) is 6. The van der Waals surface area contributed by atoms with Crippen molar-refractivity contribution in [3.05, 3.63) is 59.0 Å². The Morgan fingerprint density at radius 1 is 1.14 bits per heavy atom. The van der Waals surface area contributed by atoms with Crippen molar-refractivity contribution >= 4 is 16.6 Å². The minimum Gasteiger partial charge on any atom is -0.493 e. The van der Waals surface area contributed by atoms with Gasteiger partial charge in [0.25, 0.3) is 0 Å². The second-order valence-electron chi connectivity index (χ2n) is 8.70. The first kappa shape index (κ1) is 25.1. The summed E-state index contributed by atoms with van der Waals surface area (Å²) in [5.74, 6) is -2.39. The third-order valence-electron chi connectivity index (χ3n) is 6.75. The third kappa shape index (κ3) is 3.77. The molecule has 1 aliphatic rings. The monoisotopic (exact) mass is 497 g/mol. The summed E-state index contributed by atoms with van der Waals surface area (Å²) in [5.41, 5.74) is -6.67. The fraction of sp³-hybridized carbons (Fsp3) is 0.417. The molecule has 0 amide bonds. The maximum atomic E-state index is 14.5. The summed E-state index contributed by atoms with van der Waals surface area (Å²) in [6, 6.07) is 4.28. The Morgan fingerprint density at radius 2 is 1.83 bits per heavy atom. The van der Waals surface area contributed by atoms with Crippen LogP contribution in [0, 0.1) is 18.6 Å². The summed E-state index contributed by atoms with van der Waals surface area (Å²) in [6.45, 7) is 2.32. The predicted octanol–water partition coefficient (Wildman–Crippen LogP) is 4.72. The van der Waals surface area contributed by atoms with Crippen molar-refractivity contribution < 1.29 is 36.9 Å². The second-order valence-corrected chi connectivity index (χ2v) is 8.70. The van der Waals surface area contributed by atoms with Gasteiger partial charge in [-0.1, -0.05) is 13.0 Å². The number of ether oxygens (including phenoxy) is 1. The van der Waals surface area contributed by atoms with Crippen LogP contribution in [0.4, 0.5) is 27.6 Å². The lowest BCUT2D eigenvalue weighted by molar-refractivity contribution is -0.327. The Balaban J connectivity index is 1.89. The first-order chi connectivity index (χ1) is 16.4. The zero-order chi connectivity index (χ0) is 25.8. The van der Waals surface area contributed by atoms with Crippen molar-refractivity contribution in [3.8, 4) is 5.75 Å². The van der Waals surface area contributed by atoms with Crippen LogP contribution in [-0.4, -0.2) is 45.6 Å². The normalized spacial score (nSPS) is 24.3. The van der Waals surface area contributed by atoms with E-state index in [9.17, 15) is 32.2 Å². The van der Waals surface area contributed by atoms with Crippen LogP contribution in [0.15, 0.2) is 30.5 Å². The summed E-state index contributed by atoms with van der Waals surface area (Å²) in [7, 11) is 1.18. The van der Waals surface area contributed by atoms with E-state index < -0.39 is 47.9 Å². The Hall–Kier alpha value is -3.05. The van der Waals surface area contributed by atoms with Gasteiger partial charge in [-0.25, -0.2) is 18.7 Å². The highest BCUT2D eigenvalue weighted by Crippen LogP contribution is 2.57. The minimum atomic E-state index is -5.23. The molecule has 0 aliphatic heterocycles. The van der Waals surface area contributed by atoms with Crippen molar-refractivity contribution in [3.63, 3.8) is 0 Å². The molecule has 35 heavy (non-hydrogen) atoms. The number of nitrogens with one attached hydrogen (secondary N) is 1. The maximum Gasteiger partial charge on any atom is 0.420 e. The number of fused-ring (bicyclic) bond motifs is 2. The molecule has 3 aromatic rings. The first-order valence-electron chi connectivity index (χ1n) is 10.9. The van der Waals surface area contributed by atoms with Gasteiger partial charge in [0.2, 0.25) is 0 Å². The number of halogens is 5. The van der Waals surface area contributed by atoms with Crippen molar-refractivity contribution in [1.29, 1.82) is 0 Å². The molecule has 2 aromatic carbocycles. The smallest absolute Gasteiger partial charge is 0.420 e. The highest BCUT2D eigenvalue weighted by Gasteiger charge is 2.69. The molecular formula is C24H24F5N3O3. The summed E-state index contributed by atoms with van der Waals surface area (Å²) in [4.78, 5) is 8.04. The molecule has 0 saturated carbocycles. The van der Waals surface area contributed by atoms with Crippen LogP contribution in [0.3, 0.4) is 0 Å². The number of rotatable bonds is 5. The van der Waals surface area contributed by atoms with Gasteiger partial charge in [-0.15, -0.1) is 0 Å². The molecule has 4 rings (SSSR count). The van der Waals surface area contributed by atoms with Gasteiger partial charge in [-0.05, 0) is 49.4 Å². The molecule has 3 unspecified atom stereocenters. The number of hydrogen-bond donors (Lipinski definition) is 3. The highest BCUT2D eigenvalue weighted by molar-refractivity contribution is 5.91. The summed E-state index contributed by atoms with van der Waals surface area (Å²) >= 11 is 0. The fourth-order valence-corrected chi connectivity index (χ4v) is 4.89. The number of alkyl halides is 3. The van der Waals surface area contributed by atoms with Gasteiger partial charge < -0.3 is 20.3 Å². The van der Waals surface area contributed by atoms with Crippen molar-refractivity contribution in [2.45, 2.75) is 50.0 Å². The van der Waals surface area contributed by atoms with Crippen LogP contribution in [0.25, 0.3) is 10.9 Å². The van der Waals surface area contributed by atoms with Crippen molar-refractivity contribution in [1.82, 2.24) is 9.97 Å². The minimum absolute atomic E-state index is 0.0561.